The molecular formula is C11H17FN2O5S2. The van der Waals surface area contributed by atoms with E-state index in [0.29, 0.717) is 6.07 Å². The summed E-state index contributed by atoms with van der Waals surface area (Å²) in [6.45, 7) is 3.47. The summed E-state index contributed by atoms with van der Waals surface area (Å²) >= 11 is 0. The quantitative estimate of drug-likeness (QED) is 0.756. The Bertz CT molecular complexity index is 701. The van der Waals surface area contributed by atoms with Crippen LogP contribution in [0.1, 0.15) is 13.8 Å². The summed E-state index contributed by atoms with van der Waals surface area (Å²) in [5.41, 5.74) is -0.355. The SMILES string of the molecule is CC(C)OCCS(=O)(=O)Nc1ccc(S(N)(=O)=O)cc1F. The number of hydrogen-bond acceptors (Lipinski definition) is 5. The van der Waals surface area contributed by atoms with Crippen LogP contribution in [0.4, 0.5) is 10.1 Å². The molecule has 0 bridgehead atoms. The Labute approximate surface area is 123 Å². The van der Waals surface area contributed by atoms with Crippen molar-refractivity contribution in [2.75, 3.05) is 17.1 Å². The summed E-state index contributed by atoms with van der Waals surface area (Å²) in [4.78, 5) is -0.439. The second-order valence-corrected chi connectivity index (χ2v) is 7.93. The Hall–Kier alpha value is -1.23. The molecule has 10 heteroatoms. The molecule has 0 atom stereocenters. The third-order valence-electron chi connectivity index (χ3n) is 2.34. The van der Waals surface area contributed by atoms with Crippen molar-refractivity contribution in [1.29, 1.82) is 0 Å². The van der Waals surface area contributed by atoms with Crippen molar-refractivity contribution in [3.8, 4) is 0 Å². The van der Waals surface area contributed by atoms with E-state index in [2.05, 4.69) is 0 Å². The van der Waals surface area contributed by atoms with Gasteiger partial charge in [0.15, 0.2) is 0 Å². The van der Waals surface area contributed by atoms with Gasteiger partial charge in [-0.15, -0.1) is 0 Å². The number of sulfonamides is 2. The van der Waals surface area contributed by atoms with Gasteiger partial charge in [0, 0.05) is 0 Å². The average molecular weight is 340 g/mol. The van der Waals surface area contributed by atoms with E-state index in [4.69, 9.17) is 9.88 Å². The molecule has 7 nitrogen and oxygen atoms in total. The lowest BCUT2D eigenvalue weighted by Crippen LogP contribution is -2.22. The van der Waals surface area contributed by atoms with Crippen molar-refractivity contribution in [2.24, 2.45) is 5.14 Å². The van der Waals surface area contributed by atoms with E-state index < -0.39 is 30.8 Å². The molecule has 0 unspecified atom stereocenters. The molecule has 0 saturated heterocycles. The molecule has 120 valence electrons. The molecular weight excluding hydrogens is 323 g/mol. The molecule has 0 aliphatic rings. The van der Waals surface area contributed by atoms with Crippen LogP contribution in [0.25, 0.3) is 0 Å². The monoisotopic (exact) mass is 340 g/mol. The first-order valence-corrected chi connectivity index (χ1v) is 9.15. The fraction of sp³-hybridized carbons (Fsp3) is 0.455. The Balaban J connectivity index is 2.84. The van der Waals surface area contributed by atoms with E-state index in [1.807, 2.05) is 4.72 Å². The molecule has 1 rings (SSSR count). The highest BCUT2D eigenvalue weighted by Gasteiger charge is 2.16. The number of nitrogens with two attached hydrogens (primary N) is 1. The molecule has 0 aliphatic carbocycles. The third-order valence-corrected chi connectivity index (χ3v) is 4.48. The Morgan fingerprint density at radius 2 is 1.90 bits per heavy atom. The van der Waals surface area contributed by atoms with Crippen molar-refractivity contribution in [2.45, 2.75) is 24.8 Å². The van der Waals surface area contributed by atoms with Crippen molar-refractivity contribution in [3.63, 3.8) is 0 Å². The van der Waals surface area contributed by atoms with Crippen molar-refractivity contribution in [1.82, 2.24) is 0 Å². The second-order valence-electron chi connectivity index (χ2n) is 4.53. The fourth-order valence-electron chi connectivity index (χ4n) is 1.37. The standard InChI is InChI=1S/C11H17FN2O5S2/c1-8(2)19-5-6-20(15,16)14-11-4-3-9(7-10(11)12)21(13,17)18/h3-4,7-8,14H,5-6H2,1-2H3,(H2,13,17,18). The minimum absolute atomic E-state index is 0.0378. The molecule has 0 aliphatic heterocycles. The largest absolute Gasteiger partial charge is 0.378 e. The van der Waals surface area contributed by atoms with Crippen LogP contribution >= 0.6 is 0 Å². The Morgan fingerprint density at radius 1 is 1.29 bits per heavy atom. The average Bonchev–Trinajstić information content (AvgIpc) is 2.29. The highest BCUT2D eigenvalue weighted by molar-refractivity contribution is 7.92. The van der Waals surface area contributed by atoms with Gasteiger partial charge in [0.25, 0.3) is 0 Å². The first-order valence-electron chi connectivity index (χ1n) is 5.96. The summed E-state index contributed by atoms with van der Waals surface area (Å²) in [7, 11) is -7.84. The van der Waals surface area contributed by atoms with Crippen LogP contribution < -0.4 is 9.86 Å². The van der Waals surface area contributed by atoms with Crippen LogP contribution in [0.5, 0.6) is 0 Å². The summed E-state index contributed by atoms with van der Waals surface area (Å²) in [5.74, 6) is -1.38. The molecule has 0 heterocycles. The predicted octanol–water partition coefficient (Wildman–Crippen LogP) is 0.640. The molecule has 21 heavy (non-hydrogen) atoms. The smallest absolute Gasteiger partial charge is 0.238 e. The number of hydrogen-bond donors (Lipinski definition) is 2. The number of rotatable bonds is 7. The van der Waals surface area contributed by atoms with Gasteiger partial charge in [-0.25, -0.2) is 26.4 Å². The van der Waals surface area contributed by atoms with Gasteiger partial charge in [0.2, 0.25) is 20.0 Å². The topological polar surface area (TPSA) is 116 Å². The normalized spacial score (nSPS) is 12.6. The van der Waals surface area contributed by atoms with Gasteiger partial charge in [0.05, 0.1) is 29.0 Å². The first-order chi connectivity index (χ1) is 9.51. The minimum atomic E-state index is -4.05. The van der Waals surface area contributed by atoms with Crippen LogP contribution in [0.3, 0.4) is 0 Å². The zero-order valence-electron chi connectivity index (χ0n) is 11.5. The lowest BCUT2D eigenvalue weighted by molar-refractivity contribution is 0.0913. The maximum absolute atomic E-state index is 13.7. The minimum Gasteiger partial charge on any atom is -0.378 e. The molecule has 0 fully saturated rings. The Morgan fingerprint density at radius 3 is 2.38 bits per heavy atom. The van der Waals surface area contributed by atoms with E-state index >= 15 is 0 Å². The maximum atomic E-state index is 13.7. The molecule has 1 aromatic rings. The summed E-state index contributed by atoms with van der Waals surface area (Å²) in [6, 6.07) is 2.66. The Kier molecular flexibility index (Phi) is 5.68. The van der Waals surface area contributed by atoms with E-state index in [1.165, 1.54) is 0 Å². The third kappa shape index (κ3) is 5.96. The van der Waals surface area contributed by atoms with E-state index in [0.717, 1.165) is 12.1 Å². The van der Waals surface area contributed by atoms with Gasteiger partial charge in [-0.05, 0) is 32.0 Å². The zero-order valence-corrected chi connectivity index (χ0v) is 13.2. The van der Waals surface area contributed by atoms with Crippen LogP contribution in [-0.4, -0.2) is 35.3 Å². The molecule has 3 N–H and O–H groups in total. The van der Waals surface area contributed by atoms with Gasteiger partial charge in [-0.1, -0.05) is 0 Å². The van der Waals surface area contributed by atoms with Crippen molar-refractivity contribution in [3.05, 3.63) is 24.0 Å². The molecule has 0 spiro atoms. The molecule has 0 amide bonds. The number of halogens is 1. The van der Waals surface area contributed by atoms with Crippen LogP contribution in [0.15, 0.2) is 23.1 Å². The fourth-order valence-corrected chi connectivity index (χ4v) is 2.81. The number of anilines is 1. The van der Waals surface area contributed by atoms with Gasteiger partial charge >= 0.3 is 0 Å². The number of benzene rings is 1. The maximum Gasteiger partial charge on any atom is 0.238 e. The first kappa shape index (κ1) is 17.8. The van der Waals surface area contributed by atoms with Gasteiger partial charge in [-0.3, -0.25) is 4.72 Å². The van der Waals surface area contributed by atoms with Crippen molar-refractivity contribution >= 4 is 25.7 Å². The second kappa shape index (κ2) is 6.69. The highest BCUT2D eigenvalue weighted by atomic mass is 32.2. The lowest BCUT2D eigenvalue weighted by Gasteiger charge is -2.11. The highest BCUT2D eigenvalue weighted by Crippen LogP contribution is 2.19. The molecule has 0 saturated carbocycles. The number of nitrogens with one attached hydrogen (secondary N) is 1. The molecule has 0 radical (unpaired) electrons. The zero-order chi connectivity index (χ0) is 16.3. The van der Waals surface area contributed by atoms with Gasteiger partial charge in [-0.2, -0.15) is 0 Å². The van der Waals surface area contributed by atoms with Gasteiger partial charge < -0.3 is 4.74 Å². The van der Waals surface area contributed by atoms with E-state index in [-0.39, 0.29) is 24.2 Å². The van der Waals surface area contributed by atoms with E-state index in [9.17, 15) is 21.2 Å². The van der Waals surface area contributed by atoms with Gasteiger partial charge in [0.1, 0.15) is 5.82 Å². The number of primary sulfonamides is 1. The summed E-state index contributed by atoms with van der Waals surface area (Å²) in [5, 5.41) is 4.85. The molecule has 1 aromatic carbocycles. The molecule has 0 aromatic heterocycles. The van der Waals surface area contributed by atoms with Crippen LogP contribution in [0.2, 0.25) is 0 Å². The van der Waals surface area contributed by atoms with E-state index in [1.54, 1.807) is 13.8 Å². The van der Waals surface area contributed by atoms with Crippen LogP contribution in [0, 0.1) is 5.82 Å². The lowest BCUT2D eigenvalue weighted by atomic mass is 10.3. The van der Waals surface area contributed by atoms with Crippen molar-refractivity contribution < 1.29 is 26.0 Å². The van der Waals surface area contributed by atoms with Crippen LogP contribution in [-0.2, 0) is 24.8 Å². The number of ether oxygens (including phenoxy) is 1. The summed E-state index contributed by atoms with van der Waals surface area (Å²) < 4.78 is 66.3. The summed E-state index contributed by atoms with van der Waals surface area (Å²) in [6.07, 6.45) is -0.119. The predicted molar refractivity (Wildman–Crippen MR) is 76.3 cm³/mol.